The second-order valence-electron chi connectivity index (χ2n) is 10.1. The third kappa shape index (κ3) is 5.46. The van der Waals surface area contributed by atoms with Crippen LogP contribution in [-0.4, -0.2) is 42.7 Å². The van der Waals surface area contributed by atoms with E-state index in [-0.39, 0.29) is 18.7 Å². The van der Waals surface area contributed by atoms with E-state index < -0.39 is 11.1 Å². The Hall–Kier alpha value is -3.04. The Labute approximate surface area is 209 Å². The van der Waals surface area contributed by atoms with Gasteiger partial charge in [-0.15, -0.1) is 0 Å². The van der Waals surface area contributed by atoms with E-state index in [0.717, 1.165) is 29.7 Å². The van der Waals surface area contributed by atoms with Crippen molar-refractivity contribution < 1.29 is 19.0 Å². The number of carbonyl (C=O) groups excluding carboxylic acids is 1. The highest BCUT2D eigenvalue weighted by atomic mass is 16.5. The average molecular weight is 477 g/mol. The van der Waals surface area contributed by atoms with Crippen molar-refractivity contribution in [2.75, 3.05) is 20.2 Å². The van der Waals surface area contributed by atoms with Gasteiger partial charge in [-0.1, -0.05) is 30.3 Å². The minimum Gasteiger partial charge on any atom is -0.493 e. The number of likely N-dealkylation sites (tertiary alicyclic amines) is 1. The van der Waals surface area contributed by atoms with E-state index in [0.29, 0.717) is 31.7 Å². The van der Waals surface area contributed by atoms with Crippen molar-refractivity contribution in [2.24, 2.45) is 0 Å². The molecular weight excluding hydrogens is 440 g/mol. The molecule has 6 heteroatoms. The topological polar surface area (TPSA) is 52.4 Å². The molecule has 1 aliphatic carbocycles. The summed E-state index contributed by atoms with van der Waals surface area (Å²) in [4.78, 5) is 19.2. The van der Waals surface area contributed by atoms with Crippen LogP contribution < -0.4 is 9.47 Å². The molecule has 0 unspecified atom stereocenters. The molecule has 1 saturated carbocycles. The summed E-state index contributed by atoms with van der Waals surface area (Å²) in [5.41, 5.74) is 0.531. The second kappa shape index (κ2) is 10.7. The second-order valence-corrected chi connectivity index (χ2v) is 10.1. The standard InChI is InChI=1S/C29H36N2O4/c1-28(2,27(32)34-21-22-10-6-5-7-11-22)31-18-16-29(30-3,17-19-31)23-14-15-25(33-4)26(20-23)35-24-12-8-9-13-24/h5-7,10-11,14-15,20,24H,8-9,12-13,16-19,21H2,1-2,4H3. The summed E-state index contributed by atoms with van der Waals surface area (Å²) in [6, 6.07) is 15.6. The van der Waals surface area contributed by atoms with Crippen LogP contribution in [0.2, 0.25) is 0 Å². The van der Waals surface area contributed by atoms with Gasteiger partial charge in [0, 0.05) is 31.5 Å². The first-order valence-electron chi connectivity index (χ1n) is 12.6. The maximum Gasteiger partial charge on any atom is 0.326 e. The molecule has 2 aliphatic rings. The fourth-order valence-corrected chi connectivity index (χ4v) is 5.17. The Morgan fingerprint density at radius 3 is 2.40 bits per heavy atom. The Kier molecular flexibility index (Phi) is 7.66. The molecule has 0 spiro atoms. The third-order valence-corrected chi connectivity index (χ3v) is 7.60. The lowest BCUT2D eigenvalue weighted by molar-refractivity contribution is -0.158. The molecule has 186 valence electrons. The molecular formula is C29H36N2O4. The van der Waals surface area contributed by atoms with E-state index in [1.807, 2.05) is 62.4 Å². The Bertz CT molecular complexity index is 1050. The summed E-state index contributed by atoms with van der Waals surface area (Å²) < 4.78 is 17.5. The van der Waals surface area contributed by atoms with Gasteiger partial charge >= 0.3 is 5.97 Å². The fourth-order valence-electron chi connectivity index (χ4n) is 5.17. The molecule has 0 aromatic heterocycles. The molecule has 2 fully saturated rings. The van der Waals surface area contributed by atoms with E-state index in [1.165, 1.54) is 12.8 Å². The van der Waals surface area contributed by atoms with E-state index in [2.05, 4.69) is 9.74 Å². The van der Waals surface area contributed by atoms with Crippen LogP contribution in [0.25, 0.3) is 4.85 Å². The molecule has 6 nitrogen and oxygen atoms in total. The van der Waals surface area contributed by atoms with Crippen LogP contribution in [0.1, 0.15) is 63.5 Å². The number of ether oxygens (including phenoxy) is 3. The van der Waals surface area contributed by atoms with Crippen molar-refractivity contribution in [1.29, 1.82) is 0 Å². The lowest BCUT2D eigenvalue weighted by Gasteiger charge is -2.42. The zero-order chi connectivity index (χ0) is 24.9. The van der Waals surface area contributed by atoms with Gasteiger partial charge in [-0.3, -0.25) is 9.69 Å². The van der Waals surface area contributed by atoms with Gasteiger partial charge in [-0.05, 0) is 63.3 Å². The SMILES string of the molecule is [C-]#[N+]C1(c2ccc(OC)c(OC3CCCC3)c2)CCN(C(C)(C)C(=O)OCc2ccccc2)CC1. The zero-order valence-electron chi connectivity index (χ0n) is 21.1. The van der Waals surface area contributed by atoms with Gasteiger partial charge in [0.2, 0.25) is 0 Å². The lowest BCUT2D eigenvalue weighted by atomic mass is 9.80. The van der Waals surface area contributed by atoms with Crippen molar-refractivity contribution in [3.05, 3.63) is 71.1 Å². The smallest absolute Gasteiger partial charge is 0.326 e. The predicted octanol–water partition coefficient (Wildman–Crippen LogP) is 5.75. The molecule has 0 radical (unpaired) electrons. The highest BCUT2D eigenvalue weighted by Crippen LogP contribution is 2.42. The van der Waals surface area contributed by atoms with Crippen molar-refractivity contribution in [3.8, 4) is 11.5 Å². The number of rotatable bonds is 8. The van der Waals surface area contributed by atoms with Crippen LogP contribution in [0.15, 0.2) is 48.5 Å². The molecule has 2 aromatic rings. The van der Waals surface area contributed by atoms with Crippen LogP contribution in [0.5, 0.6) is 11.5 Å². The number of piperidine rings is 1. The Balaban J connectivity index is 1.44. The van der Waals surface area contributed by atoms with Crippen molar-refractivity contribution in [1.82, 2.24) is 4.90 Å². The summed E-state index contributed by atoms with van der Waals surface area (Å²) >= 11 is 0. The molecule has 0 N–H and O–H groups in total. The number of hydrogen-bond donors (Lipinski definition) is 0. The molecule has 2 aromatic carbocycles. The van der Waals surface area contributed by atoms with E-state index >= 15 is 0 Å². The molecule has 4 rings (SSSR count). The van der Waals surface area contributed by atoms with Gasteiger partial charge < -0.3 is 19.1 Å². The average Bonchev–Trinajstić information content (AvgIpc) is 3.41. The van der Waals surface area contributed by atoms with Gasteiger partial charge in [0.25, 0.3) is 5.54 Å². The summed E-state index contributed by atoms with van der Waals surface area (Å²) in [5.74, 6) is 1.20. The first kappa shape index (κ1) is 25.1. The van der Waals surface area contributed by atoms with Gasteiger partial charge in [0.05, 0.1) is 13.2 Å². The monoisotopic (exact) mass is 476 g/mol. The van der Waals surface area contributed by atoms with Crippen LogP contribution in [-0.2, 0) is 21.7 Å². The van der Waals surface area contributed by atoms with Gasteiger partial charge in [0.1, 0.15) is 12.1 Å². The molecule has 0 amide bonds. The maximum absolute atomic E-state index is 13.0. The molecule has 35 heavy (non-hydrogen) atoms. The number of hydrogen-bond acceptors (Lipinski definition) is 5. The molecule has 0 bridgehead atoms. The number of esters is 1. The normalized spacial score (nSPS) is 18.6. The number of methoxy groups -OCH3 is 1. The zero-order valence-corrected chi connectivity index (χ0v) is 21.1. The summed E-state index contributed by atoms with van der Waals surface area (Å²) in [6.45, 7) is 13.4. The summed E-state index contributed by atoms with van der Waals surface area (Å²) in [5, 5.41) is 0. The first-order valence-corrected chi connectivity index (χ1v) is 12.6. The molecule has 1 heterocycles. The number of carbonyl (C=O) groups is 1. The predicted molar refractivity (Wildman–Crippen MR) is 135 cm³/mol. The third-order valence-electron chi connectivity index (χ3n) is 7.60. The number of benzene rings is 2. The van der Waals surface area contributed by atoms with Crippen LogP contribution in [0, 0.1) is 6.57 Å². The Morgan fingerprint density at radius 1 is 1.09 bits per heavy atom. The highest BCUT2D eigenvalue weighted by molar-refractivity contribution is 5.79. The van der Waals surface area contributed by atoms with Crippen molar-refractivity contribution in [2.45, 2.75) is 76.2 Å². The van der Waals surface area contributed by atoms with Crippen LogP contribution in [0.3, 0.4) is 0 Å². The minimum absolute atomic E-state index is 0.215. The van der Waals surface area contributed by atoms with E-state index in [1.54, 1.807) is 7.11 Å². The van der Waals surface area contributed by atoms with E-state index in [4.69, 9.17) is 20.8 Å². The maximum atomic E-state index is 13.0. The summed E-state index contributed by atoms with van der Waals surface area (Å²) in [7, 11) is 1.65. The van der Waals surface area contributed by atoms with Crippen LogP contribution in [0.4, 0.5) is 0 Å². The van der Waals surface area contributed by atoms with Crippen molar-refractivity contribution in [3.63, 3.8) is 0 Å². The van der Waals surface area contributed by atoms with Gasteiger partial charge in [-0.2, -0.15) is 0 Å². The van der Waals surface area contributed by atoms with Gasteiger partial charge in [0.15, 0.2) is 11.5 Å². The largest absolute Gasteiger partial charge is 0.493 e. The summed E-state index contributed by atoms with van der Waals surface area (Å²) in [6.07, 6.45) is 6.00. The first-order chi connectivity index (χ1) is 16.9. The molecule has 1 aliphatic heterocycles. The quantitative estimate of drug-likeness (QED) is 0.359. The number of nitrogens with zero attached hydrogens (tertiary/aromatic N) is 2. The fraction of sp³-hybridized carbons (Fsp3) is 0.517. The highest BCUT2D eigenvalue weighted by Gasteiger charge is 2.47. The molecule has 1 saturated heterocycles. The van der Waals surface area contributed by atoms with E-state index in [9.17, 15) is 4.79 Å². The lowest BCUT2D eigenvalue weighted by Crippen LogP contribution is -2.55. The Morgan fingerprint density at radius 2 is 1.77 bits per heavy atom. The van der Waals surface area contributed by atoms with Crippen LogP contribution >= 0.6 is 0 Å². The molecule has 0 atom stereocenters. The van der Waals surface area contributed by atoms with Gasteiger partial charge in [-0.25, -0.2) is 6.57 Å². The van der Waals surface area contributed by atoms with Crippen molar-refractivity contribution >= 4 is 5.97 Å². The minimum atomic E-state index is -0.764.